The van der Waals surface area contributed by atoms with E-state index in [9.17, 15) is 22.4 Å². The molecule has 6 nitrogen and oxygen atoms in total. The van der Waals surface area contributed by atoms with Crippen LogP contribution >= 0.6 is 25.0 Å². The molecule has 1 N–H and O–H groups in total. The van der Waals surface area contributed by atoms with E-state index in [-0.39, 0.29) is 24.5 Å². The number of nitriles is 1. The van der Waals surface area contributed by atoms with Gasteiger partial charge in [-0.05, 0) is 94.1 Å². The Kier molecular flexibility index (Phi) is 10.3. The molecule has 2 saturated heterocycles. The van der Waals surface area contributed by atoms with Crippen molar-refractivity contribution in [1.82, 2.24) is 5.32 Å². The highest BCUT2D eigenvalue weighted by molar-refractivity contribution is 7.81. The van der Waals surface area contributed by atoms with Crippen LogP contribution in [0.25, 0.3) is 0 Å². The number of amides is 1. The van der Waals surface area contributed by atoms with E-state index in [2.05, 4.69) is 17.9 Å². The Morgan fingerprint density at radius 2 is 1.82 bits per heavy atom. The largest absolute Gasteiger partial charge is 0.493 e. The standard InChI is InChI=1S/C28H32F4N4O2S.ClH/c1-27(2)25(37)35(21-4-3-20(17-33)23(16-21)28(30,31)32)26(39)36(27)22-5-6-24(19(15-22)7-11-29)38-14-10-18-8-12-34-13-9-18;/h3-6,15-16,18,26,34,39H,7-14H2,1-2H3;1H. The first kappa shape index (κ1) is 31.8. The monoisotopic (exact) mass is 600 g/mol. The van der Waals surface area contributed by atoms with Gasteiger partial charge in [-0.25, -0.2) is 0 Å². The molecule has 40 heavy (non-hydrogen) atoms. The highest BCUT2D eigenvalue weighted by Gasteiger charge is 2.51. The third-order valence-corrected chi connectivity index (χ3v) is 7.90. The first-order chi connectivity index (χ1) is 18.5. The number of rotatable bonds is 8. The van der Waals surface area contributed by atoms with E-state index < -0.39 is 40.9 Å². The predicted octanol–water partition coefficient (Wildman–Crippen LogP) is 6.12. The minimum Gasteiger partial charge on any atom is -0.493 e. The van der Waals surface area contributed by atoms with Gasteiger partial charge in [-0.1, -0.05) is 0 Å². The predicted molar refractivity (Wildman–Crippen MR) is 152 cm³/mol. The summed E-state index contributed by atoms with van der Waals surface area (Å²) < 4.78 is 60.3. The summed E-state index contributed by atoms with van der Waals surface area (Å²) in [7, 11) is 0. The summed E-state index contributed by atoms with van der Waals surface area (Å²) in [5.74, 6) is 0.695. The maximum Gasteiger partial charge on any atom is 0.417 e. The molecule has 4 rings (SSSR count). The van der Waals surface area contributed by atoms with E-state index in [1.165, 1.54) is 11.0 Å². The van der Waals surface area contributed by atoms with Crippen LogP contribution in [0.1, 0.15) is 49.8 Å². The maximum absolute atomic E-state index is 13.6. The first-order valence-corrected chi connectivity index (χ1v) is 13.5. The molecule has 2 aromatic rings. The molecule has 0 aliphatic carbocycles. The van der Waals surface area contributed by atoms with Crippen molar-refractivity contribution in [2.24, 2.45) is 5.92 Å². The van der Waals surface area contributed by atoms with E-state index in [0.29, 0.717) is 29.5 Å². The number of piperidine rings is 1. The fourth-order valence-electron chi connectivity index (χ4n) is 5.29. The van der Waals surface area contributed by atoms with E-state index in [1.807, 2.05) is 0 Å². The van der Waals surface area contributed by atoms with Gasteiger partial charge < -0.3 is 15.0 Å². The zero-order valence-corrected chi connectivity index (χ0v) is 24.0. The van der Waals surface area contributed by atoms with E-state index >= 15 is 0 Å². The Balaban J connectivity index is 0.00000441. The Hall–Kier alpha value is -2.68. The molecular formula is C28H33ClF4N4O2S. The number of alkyl halides is 4. The van der Waals surface area contributed by atoms with Crippen molar-refractivity contribution in [2.75, 3.05) is 36.2 Å². The summed E-state index contributed by atoms with van der Waals surface area (Å²) in [5, 5.41) is 12.5. The lowest BCUT2D eigenvalue weighted by Gasteiger charge is -2.34. The molecule has 2 aliphatic heterocycles. The first-order valence-electron chi connectivity index (χ1n) is 12.9. The lowest BCUT2D eigenvalue weighted by molar-refractivity contribution is -0.137. The van der Waals surface area contributed by atoms with Crippen molar-refractivity contribution < 1.29 is 27.1 Å². The van der Waals surface area contributed by atoms with Gasteiger partial charge in [0, 0.05) is 17.8 Å². The van der Waals surface area contributed by atoms with E-state index in [0.717, 1.165) is 44.5 Å². The van der Waals surface area contributed by atoms with Gasteiger partial charge in [-0.2, -0.15) is 18.4 Å². The normalized spacial score (nSPS) is 19.4. The number of benzene rings is 2. The second kappa shape index (κ2) is 12.9. The summed E-state index contributed by atoms with van der Waals surface area (Å²) in [6, 6.07) is 9.96. The summed E-state index contributed by atoms with van der Waals surface area (Å²) >= 11 is 4.64. The van der Waals surface area contributed by atoms with Gasteiger partial charge in [0.15, 0.2) is 5.50 Å². The van der Waals surface area contributed by atoms with Crippen molar-refractivity contribution in [2.45, 2.75) is 56.7 Å². The summed E-state index contributed by atoms with van der Waals surface area (Å²) in [6.45, 7) is 5.23. The van der Waals surface area contributed by atoms with E-state index in [4.69, 9.17) is 10.00 Å². The number of nitrogens with zero attached hydrogens (tertiary/aromatic N) is 3. The summed E-state index contributed by atoms with van der Waals surface area (Å²) in [5.41, 5.74) is -2.60. The molecule has 1 amide bonds. The van der Waals surface area contributed by atoms with Gasteiger partial charge in [0.05, 0.1) is 30.5 Å². The van der Waals surface area contributed by atoms with Crippen molar-refractivity contribution >= 4 is 42.3 Å². The number of ether oxygens (including phenoxy) is 1. The van der Waals surface area contributed by atoms with Crippen molar-refractivity contribution in [1.29, 1.82) is 5.26 Å². The van der Waals surface area contributed by atoms with Crippen LogP contribution in [0, 0.1) is 17.2 Å². The van der Waals surface area contributed by atoms with Gasteiger partial charge >= 0.3 is 6.18 Å². The molecule has 2 heterocycles. The Bertz CT molecular complexity index is 1250. The summed E-state index contributed by atoms with van der Waals surface area (Å²) in [6.07, 6.45) is -1.55. The van der Waals surface area contributed by atoms with Gasteiger partial charge in [0.1, 0.15) is 11.3 Å². The van der Waals surface area contributed by atoms with Gasteiger partial charge in [0.2, 0.25) is 0 Å². The Morgan fingerprint density at radius 3 is 2.45 bits per heavy atom. The molecule has 1 unspecified atom stereocenters. The molecule has 2 aliphatic rings. The smallest absolute Gasteiger partial charge is 0.417 e. The molecule has 0 radical (unpaired) electrons. The zero-order valence-electron chi connectivity index (χ0n) is 22.3. The van der Waals surface area contributed by atoms with Crippen LogP contribution < -0.4 is 19.9 Å². The fourth-order valence-corrected chi connectivity index (χ4v) is 5.95. The lowest BCUT2D eigenvalue weighted by atomic mass is 9.95. The second-order valence-corrected chi connectivity index (χ2v) is 10.8. The molecule has 2 aromatic carbocycles. The van der Waals surface area contributed by atoms with Crippen molar-refractivity contribution in [3.63, 3.8) is 0 Å². The molecule has 12 heteroatoms. The van der Waals surface area contributed by atoms with Crippen LogP contribution in [0.5, 0.6) is 5.75 Å². The van der Waals surface area contributed by atoms with Gasteiger partial charge in [0.25, 0.3) is 5.91 Å². The van der Waals surface area contributed by atoms with Gasteiger partial charge in [-0.15, -0.1) is 25.0 Å². The highest BCUT2D eigenvalue weighted by atomic mass is 35.5. The summed E-state index contributed by atoms with van der Waals surface area (Å²) in [4.78, 5) is 16.4. The topological polar surface area (TPSA) is 68.6 Å². The Labute approximate surface area is 243 Å². The number of nitrogens with one attached hydrogen (secondary N) is 1. The SMILES string of the molecule is CC1(C)C(=O)N(c2ccc(C#N)c(C(F)(F)F)c2)C(S)N1c1ccc(OCCC2CCNCC2)c(CCF)c1.Cl. The second-order valence-electron chi connectivity index (χ2n) is 10.4. The average Bonchev–Trinajstić information content (AvgIpc) is 3.08. The van der Waals surface area contributed by atoms with E-state index in [1.54, 1.807) is 43.0 Å². The van der Waals surface area contributed by atoms with Crippen LogP contribution in [0.15, 0.2) is 36.4 Å². The zero-order chi connectivity index (χ0) is 28.4. The molecule has 218 valence electrons. The maximum atomic E-state index is 13.6. The minimum atomic E-state index is -4.77. The number of thiol groups is 1. The van der Waals surface area contributed by atoms with Crippen LogP contribution in [0.4, 0.5) is 28.9 Å². The molecule has 0 spiro atoms. The van der Waals surface area contributed by atoms with Crippen LogP contribution in [-0.4, -0.2) is 43.3 Å². The van der Waals surface area contributed by atoms with Crippen molar-refractivity contribution in [3.05, 3.63) is 53.1 Å². The number of aryl methyl sites for hydroxylation is 1. The van der Waals surface area contributed by atoms with Crippen LogP contribution in [-0.2, 0) is 17.4 Å². The minimum absolute atomic E-state index is 0. The van der Waals surface area contributed by atoms with Crippen LogP contribution in [0.2, 0.25) is 0 Å². The number of carbonyl (C=O) groups excluding carboxylic acids is 1. The Morgan fingerprint density at radius 1 is 1.15 bits per heavy atom. The average molecular weight is 601 g/mol. The van der Waals surface area contributed by atoms with Crippen LogP contribution in [0.3, 0.4) is 0 Å². The third-order valence-electron chi connectivity index (χ3n) is 7.44. The molecular weight excluding hydrogens is 568 g/mol. The molecule has 0 saturated carbocycles. The molecule has 2 fully saturated rings. The molecule has 0 aromatic heterocycles. The quantitative estimate of drug-likeness (QED) is 0.282. The third kappa shape index (κ3) is 6.45. The fraction of sp³-hybridized carbons (Fsp3) is 0.500. The number of halogens is 5. The number of carbonyl (C=O) groups is 1. The number of hydrogen-bond donors (Lipinski definition) is 2. The van der Waals surface area contributed by atoms with Gasteiger partial charge in [-0.3, -0.25) is 14.1 Å². The van der Waals surface area contributed by atoms with Crippen molar-refractivity contribution in [3.8, 4) is 11.8 Å². The highest BCUT2D eigenvalue weighted by Crippen LogP contribution is 2.43. The number of hydrogen-bond acceptors (Lipinski definition) is 6. The lowest BCUT2D eigenvalue weighted by Crippen LogP contribution is -2.45. The molecule has 0 bridgehead atoms. The molecule has 1 atom stereocenters. The number of anilines is 2.